The largest absolute Gasteiger partial charge is 0.497 e. The molecule has 4 heterocycles. The molecule has 2 fully saturated rings. The van der Waals surface area contributed by atoms with Crippen molar-refractivity contribution in [2.45, 2.75) is 50.1 Å². The molecule has 258 valence electrons. The van der Waals surface area contributed by atoms with Gasteiger partial charge in [0.25, 0.3) is 15.9 Å². The molecule has 12 nitrogen and oxygen atoms in total. The fourth-order valence-corrected chi connectivity index (χ4v) is 10.0. The number of benzene rings is 2. The van der Waals surface area contributed by atoms with Crippen molar-refractivity contribution in [2.24, 2.45) is 0 Å². The number of nitrogens with one attached hydrogen (secondary N) is 1. The van der Waals surface area contributed by atoms with E-state index in [4.69, 9.17) is 14.3 Å². The quantitative estimate of drug-likeness (QED) is 0.350. The number of aryl methyl sites for hydroxylation is 2. The van der Waals surface area contributed by atoms with Gasteiger partial charge >= 0.3 is 6.09 Å². The second-order valence-corrected chi connectivity index (χ2v) is 15.6. The van der Waals surface area contributed by atoms with Crippen molar-refractivity contribution in [1.82, 2.24) is 20.2 Å². The molecule has 14 heteroatoms. The fraction of sp³-hybridized carbons (Fsp3) is 0.471. The van der Waals surface area contributed by atoms with Crippen LogP contribution < -0.4 is 19.1 Å². The Balaban J connectivity index is 1.38. The lowest BCUT2D eigenvalue weighted by atomic mass is 9.83. The minimum Gasteiger partial charge on any atom is -0.497 e. The van der Waals surface area contributed by atoms with Gasteiger partial charge in [0.05, 0.1) is 19.4 Å². The highest BCUT2D eigenvalue weighted by Gasteiger charge is 2.59. The number of thiophene rings is 1. The number of methoxy groups -OCH3 is 1. The standard InChI is InChI=1S/C34H43N5O7S2/c1-6-45-30-10-8-7-9-27(30)34(35-33(41)46-38-19-17-37(18-20-38)25-13-15-36(4)16-14-25)28-22-26(44-5)11-12-29(28)39(32(34)40)48(42,43)31-21-23(2)47-24(31)3/h7-12,21-22,25H,6,13-20H2,1-5H3,(H,35,41). The number of ether oxygens (including phenoxy) is 2. The number of carbonyl (C=O) groups is 2. The second-order valence-electron chi connectivity index (χ2n) is 12.4. The first kappa shape index (κ1) is 34.2. The predicted molar refractivity (Wildman–Crippen MR) is 183 cm³/mol. The number of amides is 2. The summed E-state index contributed by atoms with van der Waals surface area (Å²) in [4.78, 5) is 41.0. The van der Waals surface area contributed by atoms with Gasteiger partial charge < -0.3 is 19.2 Å². The van der Waals surface area contributed by atoms with Crippen molar-refractivity contribution < 1.29 is 32.3 Å². The molecule has 1 atom stereocenters. The molecule has 2 aromatic carbocycles. The van der Waals surface area contributed by atoms with Crippen LogP contribution in [0.4, 0.5) is 10.5 Å². The first-order chi connectivity index (χ1) is 23.0. The van der Waals surface area contributed by atoms with Crippen LogP contribution in [0.25, 0.3) is 0 Å². The maximum Gasteiger partial charge on any atom is 0.427 e. The molecule has 0 bridgehead atoms. The second kappa shape index (κ2) is 13.7. The molecule has 1 unspecified atom stereocenters. The van der Waals surface area contributed by atoms with Crippen molar-refractivity contribution in [1.29, 1.82) is 0 Å². The number of sulfonamides is 1. The Bertz CT molecular complexity index is 1780. The highest BCUT2D eigenvalue weighted by atomic mass is 32.2. The van der Waals surface area contributed by atoms with Crippen molar-refractivity contribution in [3.05, 3.63) is 69.4 Å². The number of rotatable bonds is 9. The van der Waals surface area contributed by atoms with Gasteiger partial charge in [0.1, 0.15) is 16.4 Å². The number of likely N-dealkylation sites (tertiary alicyclic amines) is 1. The Labute approximate surface area is 286 Å². The van der Waals surface area contributed by atoms with Crippen LogP contribution in [0.15, 0.2) is 53.4 Å². The number of piperidine rings is 1. The van der Waals surface area contributed by atoms with Crippen molar-refractivity contribution in [3.8, 4) is 11.5 Å². The van der Waals surface area contributed by atoms with Crippen LogP contribution in [0.5, 0.6) is 11.5 Å². The molecule has 48 heavy (non-hydrogen) atoms. The van der Waals surface area contributed by atoms with E-state index in [1.807, 2.05) is 13.8 Å². The fourth-order valence-electron chi connectivity index (χ4n) is 7.02. The highest BCUT2D eigenvalue weighted by Crippen LogP contribution is 2.50. The van der Waals surface area contributed by atoms with Gasteiger partial charge in [0, 0.05) is 53.1 Å². The predicted octanol–water partition coefficient (Wildman–Crippen LogP) is 4.10. The van der Waals surface area contributed by atoms with E-state index in [0.717, 1.165) is 48.2 Å². The molecule has 2 saturated heterocycles. The van der Waals surface area contributed by atoms with Crippen LogP contribution in [0, 0.1) is 13.8 Å². The van der Waals surface area contributed by atoms with Crippen LogP contribution >= 0.6 is 11.3 Å². The summed E-state index contributed by atoms with van der Waals surface area (Å²) in [5.74, 6) is -0.192. The van der Waals surface area contributed by atoms with Gasteiger partial charge in [-0.3, -0.25) is 15.0 Å². The zero-order valence-corrected chi connectivity index (χ0v) is 29.7. The van der Waals surface area contributed by atoms with Crippen LogP contribution in [0.1, 0.15) is 40.6 Å². The van der Waals surface area contributed by atoms with Crippen molar-refractivity contribution >= 4 is 39.0 Å². The van der Waals surface area contributed by atoms with E-state index in [2.05, 4.69) is 22.2 Å². The average Bonchev–Trinajstić information content (AvgIpc) is 3.55. The smallest absolute Gasteiger partial charge is 0.427 e. The number of hydrogen-bond acceptors (Lipinski definition) is 11. The van der Waals surface area contributed by atoms with Gasteiger partial charge in [-0.15, -0.1) is 16.4 Å². The molecule has 0 radical (unpaired) electrons. The summed E-state index contributed by atoms with van der Waals surface area (Å²) in [6.07, 6.45) is 1.32. The number of nitrogens with zero attached hydrogens (tertiary/aromatic N) is 4. The SMILES string of the molecule is CCOc1ccccc1C1(NC(=O)ON2CCN(C3CCN(C)CC3)CC2)C(=O)N(S(=O)(=O)c2cc(C)sc2C)c2ccc(OC)cc21. The Morgan fingerprint density at radius 3 is 2.35 bits per heavy atom. The number of fused-ring (bicyclic) bond motifs is 1. The topological polar surface area (TPSA) is 121 Å². The van der Waals surface area contributed by atoms with Crippen LogP contribution in [0.2, 0.25) is 0 Å². The van der Waals surface area contributed by atoms with Gasteiger partial charge in [-0.1, -0.05) is 18.2 Å². The third kappa shape index (κ3) is 6.15. The van der Waals surface area contributed by atoms with Crippen LogP contribution in [0.3, 0.4) is 0 Å². The van der Waals surface area contributed by atoms with Gasteiger partial charge in [0.2, 0.25) is 0 Å². The van der Waals surface area contributed by atoms with Crippen molar-refractivity contribution in [2.75, 3.05) is 64.3 Å². The molecule has 1 N–H and O–H groups in total. The molecule has 0 saturated carbocycles. The summed E-state index contributed by atoms with van der Waals surface area (Å²) in [5.41, 5.74) is -1.45. The Hall–Kier alpha value is -3.69. The number of hydroxylamine groups is 2. The molecule has 1 aromatic heterocycles. The summed E-state index contributed by atoms with van der Waals surface area (Å²) in [6.45, 7) is 10.2. The van der Waals surface area contributed by atoms with Gasteiger partial charge in [-0.25, -0.2) is 13.2 Å². The third-order valence-electron chi connectivity index (χ3n) is 9.42. The molecule has 3 aliphatic heterocycles. The first-order valence-corrected chi connectivity index (χ1v) is 18.5. The monoisotopic (exact) mass is 697 g/mol. The normalized spacial score (nSPS) is 21.3. The van der Waals surface area contributed by atoms with Crippen LogP contribution in [-0.4, -0.2) is 101 Å². The van der Waals surface area contributed by atoms with E-state index in [-0.39, 0.29) is 28.3 Å². The van der Waals surface area contributed by atoms with Crippen molar-refractivity contribution in [3.63, 3.8) is 0 Å². The summed E-state index contributed by atoms with van der Waals surface area (Å²) >= 11 is 1.33. The molecule has 3 aromatic rings. The molecule has 6 rings (SSSR count). The molecule has 0 spiro atoms. The maximum atomic E-state index is 15.0. The van der Waals surface area contributed by atoms with Gasteiger partial charge in [-0.2, -0.15) is 4.31 Å². The zero-order valence-electron chi connectivity index (χ0n) is 28.0. The molecular weight excluding hydrogens is 655 g/mol. The Kier molecular flexibility index (Phi) is 9.73. The first-order valence-electron chi connectivity index (χ1n) is 16.2. The van der Waals surface area contributed by atoms with E-state index < -0.39 is 27.6 Å². The minimum atomic E-state index is -4.42. The van der Waals surface area contributed by atoms with E-state index >= 15 is 4.79 Å². The summed E-state index contributed by atoms with van der Waals surface area (Å²) in [6, 6.07) is 13.6. The number of piperazine rings is 1. The molecular formula is C34H43N5O7S2. The summed E-state index contributed by atoms with van der Waals surface area (Å²) < 4.78 is 41.1. The lowest BCUT2D eigenvalue weighted by molar-refractivity contribution is -0.133. The van der Waals surface area contributed by atoms with E-state index in [1.54, 1.807) is 54.5 Å². The van der Waals surface area contributed by atoms with E-state index in [1.165, 1.54) is 24.5 Å². The van der Waals surface area contributed by atoms with E-state index in [9.17, 15) is 13.2 Å². The lowest BCUT2D eigenvalue weighted by Gasteiger charge is -2.41. The van der Waals surface area contributed by atoms with Gasteiger partial charge in [0.15, 0.2) is 5.54 Å². The number of anilines is 1. The highest BCUT2D eigenvalue weighted by molar-refractivity contribution is 7.93. The third-order valence-corrected chi connectivity index (χ3v) is 12.3. The average molecular weight is 698 g/mol. The lowest BCUT2D eigenvalue weighted by Crippen LogP contribution is -2.57. The van der Waals surface area contributed by atoms with E-state index in [0.29, 0.717) is 35.5 Å². The summed E-state index contributed by atoms with van der Waals surface area (Å²) in [7, 11) is -0.796. The molecule has 0 aliphatic carbocycles. The molecule has 3 aliphatic rings. The zero-order chi connectivity index (χ0) is 34.2. The Morgan fingerprint density at radius 2 is 1.71 bits per heavy atom. The minimum absolute atomic E-state index is 0.0269. The molecule has 2 amide bonds. The van der Waals surface area contributed by atoms with Crippen LogP contribution in [-0.2, 0) is 25.2 Å². The number of para-hydroxylation sites is 1. The number of hydrogen-bond donors (Lipinski definition) is 1. The summed E-state index contributed by atoms with van der Waals surface area (Å²) in [5, 5.41) is 4.45. The van der Waals surface area contributed by atoms with Gasteiger partial charge in [-0.05, 0) is 84.1 Å². The Morgan fingerprint density at radius 1 is 1.00 bits per heavy atom. The maximum absolute atomic E-state index is 15.0. The number of carbonyl (C=O) groups excluding carboxylic acids is 2.